The molecule has 10 nitrogen and oxygen atoms in total. The number of nitrogens with one attached hydrogen (secondary N) is 1. The molecule has 2 bridgehead atoms. The van der Waals surface area contributed by atoms with Crippen molar-refractivity contribution in [3.63, 3.8) is 0 Å². The molecule has 1 amide bonds. The number of carbonyl (C=O) groups is 1. The summed E-state index contributed by atoms with van der Waals surface area (Å²) < 4.78 is 7.65. The highest BCUT2D eigenvalue weighted by atomic mass is 16.5. The number of anilines is 1. The van der Waals surface area contributed by atoms with E-state index in [0.717, 1.165) is 17.8 Å². The van der Waals surface area contributed by atoms with Crippen molar-refractivity contribution in [1.29, 1.82) is 0 Å². The molecule has 1 N–H and O–H groups in total. The predicted molar refractivity (Wildman–Crippen MR) is 114 cm³/mol. The summed E-state index contributed by atoms with van der Waals surface area (Å²) in [4.78, 5) is 37.5. The lowest BCUT2D eigenvalue weighted by molar-refractivity contribution is -0.136. The van der Waals surface area contributed by atoms with Gasteiger partial charge in [-0.05, 0) is 26.7 Å². The van der Waals surface area contributed by atoms with Gasteiger partial charge in [0, 0.05) is 25.5 Å². The molecule has 3 aromatic rings. The smallest absolute Gasteiger partial charge is 0.245 e. The number of fused-ring (bicyclic) bond motifs is 3. The van der Waals surface area contributed by atoms with Crippen molar-refractivity contribution < 1.29 is 9.53 Å². The summed E-state index contributed by atoms with van der Waals surface area (Å²) in [6.45, 7) is 7.87. The second kappa shape index (κ2) is 7.84. The Labute approximate surface area is 180 Å². The number of aryl methyl sites for hydroxylation is 2. The molecule has 0 aliphatic carbocycles. The van der Waals surface area contributed by atoms with Crippen molar-refractivity contribution in [2.24, 2.45) is 0 Å². The van der Waals surface area contributed by atoms with Gasteiger partial charge >= 0.3 is 0 Å². The molecule has 2 aliphatic heterocycles. The number of ether oxygens (including phenoxy) is 1. The fourth-order valence-electron chi connectivity index (χ4n) is 4.44. The average Bonchev–Trinajstić information content (AvgIpc) is 3.51. The van der Waals surface area contributed by atoms with Gasteiger partial charge in [0.05, 0.1) is 24.3 Å². The summed E-state index contributed by atoms with van der Waals surface area (Å²) in [7, 11) is 0. The van der Waals surface area contributed by atoms with E-state index >= 15 is 0 Å². The maximum Gasteiger partial charge on any atom is 0.245 e. The molecule has 162 valence electrons. The highest BCUT2D eigenvalue weighted by molar-refractivity contribution is 5.90. The molecule has 0 saturated carbocycles. The van der Waals surface area contributed by atoms with Crippen molar-refractivity contribution in [1.82, 2.24) is 34.4 Å². The summed E-state index contributed by atoms with van der Waals surface area (Å²) in [6, 6.07) is -0.193. The normalized spacial score (nSPS) is 21.1. The van der Waals surface area contributed by atoms with Gasteiger partial charge in [0.25, 0.3) is 0 Å². The Morgan fingerprint density at radius 2 is 2.06 bits per heavy atom. The second-order valence-electron chi connectivity index (χ2n) is 8.03. The summed E-state index contributed by atoms with van der Waals surface area (Å²) in [5, 5.41) is 3.34. The summed E-state index contributed by atoms with van der Waals surface area (Å²) in [6.07, 6.45) is 6.79. The van der Waals surface area contributed by atoms with Crippen LogP contribution in [-0.2, 0) is 16.1 Å². The number of hydrogen-bond donors (Lipinski definition) is 1. The van der Waals surface area contributed by atoms with Crippen LogP contribution in [0.1, 0.15) is 32.5 Å². The molecule has 5 rings (SSSR count). The largest absolute Gasteiger partial charge is 0.374 e. The Morgan fingerprint density at radius 1 is 1.26 bits per heavy atom. The van der Waals surface area contributed by atoms with E-state index in [1.807, 2.05) is 30.2 Å². The Bertz CT molecular complexity index is 1110. The van der Waals surface area contributed by atoms with E-state index in [4.69, 9.17) is 9.72 Å². The first kappa shape index (κ1) is 19.8. The van der Waals surface area contributed by atoms with Crippen LogP contribution in [0.15, 0.2) is 18.7 Å². The molecular formula is C21H26N8O2. The molecule has 3 atom stereocenters. The standard InChI is InChI=1S/C21H26N8O2/c1-4-16(21(30)29-9-15-6-14(29)10-31-15)26-18-17-20(25-11-24-18)28(5-2)19(27-17)13-7-22-12(3)23-8-13/h7-8,11,14-16H,4-6,9-10H2,1-3H3,(H,24,25,26)/t14-,15-,16+/m0/s1. The van der Waals surface area contributed by atoms with Gasteiger partial charge in [0.15, 0.2) is 17.0 Å². The fourth-order valence-corrected chi connectivity index (χ4v) is 4.44. The molecule has 31 heavy (non-hydrogen) atoms. The maximum atomic E-state index is 13.2. The van der Waals surface area contributed by atoms with E-state index < -0.39 is 0 Å². The third kappa shape index (κ3) is 3.40. The van der Waals surface area contributed by atoms with Crippen LogP contribution < -0.4 is 5.32 Å². The molecule has 10 heteroatoms. The monoisotopic (exact) mass is 422 g/mol. The first-order valence-corrected chi connectivity index (χ1v) is 10.8. The number of imidazole rings is 1. The first-order valence-electron chi connectivity index (χ1n) is 10.8. The molecule has 2 aliphatic rings. The predicted octanol–water partition coefficient (Wildman–Crippen LogP) is 1.80. The lowest BCUT2D eigenvalue weighted by Crippen LogP contribution is -2.48. The Kier molecular flexibility index (Phi) is 5.01. The van der Waals surface area contributed by atoms with Gasteiger partial charge in [0.1, 0.15) is 24.0 Å². The quantitative estimate of drug-likeness (QED) is 0.640. The van der Waals surface area contributed by atoms with Gasteiger partial charge in [-0.1, -0.05) is 6.92 Å². The SMILES string of the molecule is CC[C@@H](Nc1ncnc2c1nc(-c1cnc(C)nc1)n2CC)C(=O)N1C[C@@H]2C[C@H]1CO2. The number of morpholine rings is 1. The molecule has 3 aromatic heterocycles. The minimum atomic E-state index is -0.379. The van der Waals surface area contributed by atoms with Crippen molar-refractivity contribution in [3.8, 4) is 11.4 Å². The van der Waals surface area contributed by atoms with Crippen LogP contribution in [-0.4, -0.2) is 71.6 Å². The maximum absolute atomic E-state index is 13.2. The average molecular weight is 422 g/mol. The van der Waals surface area contributed by atoms with Crippen molar-refractivity contribution >= 4 is 22.9 Å². The van der Waals surface area contributed by atoms with Crippen LogP contribution in [0.2, 0.25) is 0 Å². The van der Waals surface area contributed by atoms with Crippen LogP contribution >= 0.6 is 0 Å². The van der Waals surface area contributed by atoms with Crippen molar-refractivity contribution in [2.75, 3.05) is 18.5 Å². The zero-order valence-electron chi connectivity index (χ0n) is 17.9. The first-order chi connectivity index (χ1) is 15.1. The lowest BCUT2D eigenvalue weighted by atomic mass is 10.1. The molecule has 2 fully saturated rings. The number of carbonyl (C=O) groups excluding carboxylic acids is 1. The zero-order chi connectivity index (χ0) is 21.5. The summed E-state index contributed by atoms with van der Waals surface area (Å²) in [5.74, 6) is 2.09. The van der Waals surface area contributed by atoms with Crippen LogP contribution in [0.5, 0.6) is 0 Å². The number of amides is 1. The van der Waals surface area contributed by atoms with Crippen LogP contribution in [0.25, 0.3) is 22.6 Å². The topological polar surface area (TPSA) is 111 Å². The molecule has 0 radical (unpaired) electrons. The summed E-state index contributed by atoms with van der Waals surface area (Å²) >= 11 is 0. The highest BCUT2D eigenvalue weighted by Gasteiger charge is 2.43. The lowest BCUT2D eigenvalue weighted by Gasteiger charge is -2.30. The molecule has 0 aromatic carbocycles. The van der Waals surface area contributed by atoms with Gasteiger partial charge in [-0.15, -0.1) is 0 Å². The van der Waals surface area contributed by atoms with Crippen LogP contribution in [0.3, 0.4) is 0 Å². The molecule has 2 saturated heterocycles. The van der Waals surface area contributed by atoms with Gasteiger partial charge in [0.2, 0.25) is 5.91 Å². The summed E-state index contributed by atoms with van der Waals surface area (Å²) in [5.41, 5.74) is 2.16. The third-order valence-corrected chi connectivity index (χ3v) is 6.09. The molecule has 0 spiro atoms. The van der Waals surface area contributed by atoms with E-state index in [1.165, 1.54) is 6.33 Å². The second-order valence-corrected chi connectivity index (χ2v) is 8.03. The number of rotatable bonds is 6. The van der Waals surface area contributed by atoms with E-state index in [0.29, 0.717) is 48.9 Å². The molecule has 0 unspecified atom stereocenters. The third-order valence-electron chi connectivity index (χ3n) is 6.09. The highest BCUT2D eigenvalue weighted by Crippen LogP contribution is 2.30. The molecular weight excluding hydrogens is 396 g/mol. The van der Waals surface area contributed by atoms with Gasteiger partial charge in [-0.25, -0.2) is 24.9 Å². The fraction of sp³-hybridized carbons (Fsp3) is 0.524. The van der Waals surface area contributed by atoms with E-state index in [2.05, 4.69) is 25.3 Å². The van der Waals surface area contributed by atoms with Crippen molar-refractivity contribution in [2.45, 2.75) is 58.3 Å². The molecule has 5 heterocycles. The van der Waals surface area contributed by atoms with E-state index in [1.54, 1.807) is 12.4 Å². The van der Waals surface area contributed by atoms with Crippen LogP contribution in [0, 0.1) is 6.92 Å². The number of likely N-dealkylation sites (tertiary alicyclic amines) is 1. The zero-order valence-corrected chi connectivity index (χ0v) is 17.9. The minimum Gasteiger partial charge on any atom is -0.374 e. The number of aromatic nitrogens is 6. The van der Waals surface area contributed by atoms with Crippen LogP contribution in [0.4, 0.5) is 5.82 Å². The van der Waals surface area contributed by atoms with E-state index in [9.17, 15) is 4.79 Å². The van der Waals surface area contributed by atoms with Gasteiger partial charge in [-0.2, -0.15) is 0 Å². The van der Waals surface area contributed by atoms with Gasteiger partial charge in [-0.3, -0.25) is 4.79 Å². The van der Waals surface area contributed by atoms with Crippen molar-refractivity contribution in [3.05, 3.63) is 24.5 Å². The Hall–Kier alpha value is -3.14. The minimum absolute atomic E-state index is 0.0899. The van der Waals surface area contributed by atoms with E-state index in [-0.39, 0.29) is 24.1 Å². The van der Waals surface area contributed by atoms with Gasteiger partial charge < -0.3 is 19.5 Å². The number of hydrogen-bond acceptors (Lipinski definition) is 8. The Balaban J connectivity index is 1.48. The Morgan fingerprint density at radius 3 is 2.71 bits per heavy atom. The number of nitrogens with zero attached hydrogens (tertiary/aromatic N) is 7.